The second-order valence-corrected chi connectivity index (χ2v) is 18.1. The predicted molar refractivity (Wildman–Crippen MR) is 262 cm³/mol. The van der Waals surface area contributed by atoms with Crippen molar-refractivity contribution in [2.45, 2.75) is 160 Å². The molecule has 3 aromatic rings. The molecule has 1 atom stereocenters. The highest BCUT2D eigenvalue weighted by Gasteiger charge is 2.28. The van der Waals surface area contributed by atoms with Gasteiger partial charge in [0.1, 0.15) is 47.3 Å². The molecule has 10 N–H and O–H groups in total. The summed E-state index contributed by atoms with van der Waals surface area (Å²) >= 11 is 0. The van der Waals surface area contributed by atoms with Crippen molar-refractivity contribution in [1.29, 1.82) is 0 Å². The van der Waals surface area contributed by atoms with Crippen molar-refractivity contribution in [2.75, 3.05) is 11.1 Å². The number of hydrogen-bond donors (Lipinski definition) is 6. The number of amides is 1. The predicted octanol–water partition coefficient (Wildman–Crippen LogP) is 9.16. The number of nitrogen functional groups attached to an aromatic ring is 1. The second-order valence-electron chi connectivity index (χ2n) is 18.1. The molecule has 0 saturated carbocycles. The molecule has 0 aromatic carbocycles. The van der Waals surface area contributed by atoms with Crippen molar-refractivity contribution in [3.8, 4) is 0 Å². The molecule has 344 valence electrons. The summed E-state index contributed by atoms with van der Waals surface area (Å²) in [5, 5.41) is 6.90. The Labute approximate surface area is 372 Å². The van der Waals surface area contributed by atoms with Gasteiger partial charge in [0.15, 0.2) is 5.96 Å². The van der Waals surface area contributed by atoms with E-state index in [0.29, 0.717) is 65.4 Å². The van der Waals surface area contributed by atoms with Crippen molar-refractivity contribution in [3.05, 3.63) is 83.8 Å². The van der Waals surface area contributed by atoms with Crippen LogP contribution in [0.3, 0.4) is 0 Å². The lowest BCUT2D eigenvalue weighted by Crippen LogP contribution is -2.41. The van der Waals surface area contributed by atoms with Gasteiger partial charge in [0.05, 0.1) is 5.39 Å². The lowest BCUT2D eigenvalue weighted by Gasteiger charge is -2.32. The Kier molecular flexibility index (Phi) is 18.6. The zero-order chi connectivity index (χ0) is 46.4. The molecule has 1 unspecified atom stereocenters. The first-order chi connectivity index (χ1) is 28.3. The minimum absolute atomic E-state index is 0. The molecule has 15 nitrogen and oxygen atoms in total. The van der Waals surface area contributed by atoms with Crippen LogP contribution in [0.15, 0.2) is 77.1 Å². The van der Waals surface area contributed by atoms with Crippen LogP contribution in [0.4, 0.5) is 11.6 Å². The van der Waals surface area contributed by atoms with E-state index in [1.807, 2.05) is 29.8 Å². The van der Waals surface area contributed by atoms with E-state index >= 15 is 0 Å². The summed E-state index contributed by atoms with van der Waals surface area (Å²) in [4.78, 5) is 32.4. The molecule has 3 aliphatic rings. The molecule has 1 amide bonds. The fraction of sp³-hybridized carbons (Fsp3) is 0.553. The molecule has 3 aliphatic heterocycles. The van der Waals surface area contributed by atoms with Crippen LogP contribution in [0.25, 0.3) is 11.0 Å². The van der Waals surface area contributed by atoms with Gasteiger partial charge in [-0.3, -0.25) is 4.79 Å². The molecular weight excluding hydrogens is 777 g/mol. The van der Waals surface area contributed by atoms with Gasteiger partial charge in [0.2, 0.25) is 0 Å². The first kappa shape index (κ1) is 52.6. The van der Waals surface area contributed by atoms with Gasteiger partial charge in [-0.05, 0) is 90.2 Å². The maximum absolute atomic E-state index is 11.5. The fourth-order valence-corrected chi connectivity index (χ4v) is 7.08. The van der Waals surface area contributed by atoms with E-state index in [1.54, 1.807) is 0 Å². The van der Waals surface area contributed by atoms with E-state index in [9.17, 15) is 4.79 Å². The largest absolute Gasteiger partial charge is 0.383 e. The summed E-state index contributed by atoms with van der Waals surface area (Å²) in [6.07, 6.45) is 9.42. The molecule has 0 spiro atoms. The number of fused-ring (bicyclic) bond motifs is 2. The van der Waals surface area contributed by atoms with Crippen LogP contribution in [0.2, 0.25) is 0 Å². The Morgan fingerprint density at radius 3 is 1.66 bits per heavy atom. The normalized spacial score (nSPS) is 16.3. The molecule has 0 fully saturated rings. The Hall–Kier alpha value is -5.57. The average molecular weight is 857 g/mol. The Bertz CT molecular complexity index is 2140. The number of aromatic nitrogens is 4. The average Bonchev–Trinajstić information content (AvgIpc) is 3.73. The van der Waals surface area contributed by atoms with Gasteiger partial charge < -0.3 is 52.5 Å². The Morgan fingerprint density at radius 1 is 0.661 bits per heavy atom. The van der Waals surface area contributed by atoms with Crippen molar-refractivity contribution < 1.29 is 4.79 Å². The van der Waals surface area contributed by atoms with Crippen LogP contribution in [0.5, 0.6) is 0 Å². The Morgan fingerprint density at radius 2 is 1.18 bits per heavy atom. The summed E-state index contributed by atoms with van der Waals surface area (Å²) in [6.45, 7) is 41.5. The van der Waals surface area contributed by atoms with Gasteiger partial charge in [-0.1, -0.05) is 76.0 Å². The lowest BCUT2D eigenvalue weighted by atomic mass is 10.00. The highest BCUT2D eigenvalue weighted by molar-refractivity contribution is 5.98. The van der Waals surface area contributed by atoms with Gasteiger partial charge in [-0.15, -0.1) is 0 Å². The number of carbonyl (C=O) groups is 1. The second kappa shape index (κ2) is 22.0. The van der Waals surface area contributed by atoms with Crippen LogP contribution in [0.1, 0.15) is 165 Å². The third-order valence-electron chi connectivity index (χ3n) is 10.5. The van der Waals surface area contributed by atoms with Gasteiger partial charge in [0.25, 0.3) is 5.91 Å². The number of nitrogens with two attached hydrogens (primary N) is 4. The van der Waals surface area contributed by atoms with Crippen LogP contribution < -0.4 is 33.6 Å². The van der Waals surface area contributed by atoms with Gasteiger partial charge in [-0.25, -0.2) is 20.0 Å². The third kappa shape index (κ3) is 12.3. The van der Waals surface area contributed by atoms with Crippen LogP contribution >= 0.6 is 0 Å². The monoisotopic (exact) mass is 857 g/mol. The maximum atomic E-state index is 11.5. The Balaban J connectivity index is 0.000000284. The summed E-state index contributed by atoms with van der Waals surface area (Å²) < 4.78 is 4.33. The molecule has 0 bridgehead atoms. The quantitative estimate of drug-likeness (QED) is 0.126. The van der Waals surface area contributed by atoms with Crippen LogP contribution in [0, 0.1) is 11.8 Å². The van der Waals surface area contributed by atoms with E-state index in [2.05, 4.69) is 168 Å². The van der Waals surface area contributed by atoms with E-state index in [1.165, 1.54) is 17.5 Å². The van der Waals surface area contributed by atoms with Crippen LogP contribution in [-0.2, 0) is 4.79 Å². The number of aliphatic imine (C=N–C) groups is 2. The van der Waals surface area contributed by atoms with Crippen molar-refractivity contribution in [2.24, 2.45) is 39.0 Å². The first-order valence-corrected chi connectivity index (χ1v) is 21.5. The van der Waals surface area contributed by atoms with Gasteiger partial charge in [0, 0.05) is 65.7 Å². The number of amidine groups is 1. The fourth-order valence-electron chi connectivity index (χ4n) is 7.08. The molecule has 0 saturated heterocycles. The van der Waals surface area contributed by atoms with Crippen molar-refractivity contribution in [1.82, 2.24) is 34.2 Å². The molecule has 0 radical (unpaired) electrons. The third-order valence-corrected chi connectivity index (χ3v) is 10.5. The molecule has 6 rings (SSSR count). The number of nitrogens with one attached hydrogen (secondary N) is 2. The molecule has 0 aliphatic carbocycles. The minimum atomic E-state index is -0.358. The maximum Gasteiger partial charge on any atom is 0.254 e. The zero-order valence-corrected chi connectivity index (χ0v) is 39.8. The molecule has 62 heavy (non-hydrogen) atoms. The topological polar surface area (TPSA) is 212 Å². The highest BCUT2D eigenvalue weighted by Crippen LogP contribution is 2.37. The summed E-state index contributed by atoms with van der Waals surface area (Å²) in [7, 11) is 0. The van der Waals surface area contributed by atoms with E-state index in [0.717, 1.165) is 39.4 Å². The number of anilines is 2. The SMILES string of the molecule is C.C=C1N=C(N)C(C(C)C)=CN1C(C)C.C=C1NC(=O)C(C(C)C)=CN1C(C)C.CC(C)c1cn(C(C)C)c2c1C(N)N=C(N)N2.CC(C)c1cn(C(C)C)c2ncnc(N)c12. The summed E-state index contributed by atoms with van der Waals surface area (Å²) in [6, 6.07) is 1.43. The van der Waals surface area contributed by atoms with Gasteiger partial charge in [-0.2, -0.15) is 0 Å². The van der Waals surface area contributed by atoms with Crippen molar-refractivity contribution in [3.63, 3.8) is 0 Å². The lowest BCUT2D eigenvalue weighted by molar-refractivity contribution is -0.118. The van der Waals surface area contributed by atoms with E-state index < -0.39 is 0 Å². The standard InChI is InChI=1S/C12H21N5.C12H18N4.C11H19N3.C11H18N2O.CH4/c1-6(2)8-5-17(7(3)4)11-9(8)10(13)15-12(14)16-11;1-7(2)9-5-16(8(3)4)12-10(9)11(13)14-6-15-12;1-7(2)10-6-14(8(3)4)9(5)13-11(10)12;1-7(2)10-6-13(8(3)4)9(5)12-11(10)14;/h5-7,10H,13H2,1-4H3,(H3,14,15,16);5-8H,1-4H3,(H2,13,14,15);6-8H,5H2,1-4H3,(H2,12,13);6-8H,5H2,1-4H3,(H,12,14);1H4. The zero-order valence-electron chi connectivity index (χ0n) is 39.8. The number of carbonyl (C=O) groups excluding carboxylic acids is 1. The molecule has 3 aromatic heterocycles. The summed E-state index contributed by atoms with van der Waals surface area (Å²) in [5.74, 6) is 5.40. The highest BCUT2D eigenvalue weighted by atomic mass is 16.2. The van der Waals surface area contributed by atoms with E-state index in [4.69, 9.17) is 22.9 Å². The number of guanidine groups is 1. The number of hydrogen-bond acceptors (Lipinski definition) is 12. The minimum Gasteiger partial charge on any atom is -0.383 e. The smallest absolute Gasteiger partial charge is 0.254 e. The van der Waals surface area contributed by atoms with E-state index in [-0.39, 0.29) is 25.4 Å². The van der Waals surface area contributed by atoms with Gasteiger partial charge >= 0.3 is 0 Å². The molecular formula is C47H80N14O. The number of nitrogens with zero attached hydrogens (tertiary/aromatic N) is 8. The summed E-state index contributed by atoms with van der Waals surface area (Å²) in [5.41, 5.74) is 30.0. The van der Waals surface area contributed by atoms with Crippen LogP contribution in [-0.4, -0.2) is 58.7 Å². The number of rotatable bonds is 8. The first-order valence-electron chi connectivity index (χ1n) is 21.5. The molecule has 6 heterocycles. The van der Waals surface area contributed by atoms with Crippen molar-refractivity contribution >= 4 is 40.4 Å². The molecule has 15 heteroatoms.